The zero-order valence-electron chi connectivity index (χ0n) is 13.2. The number of carboxylic acids is 1. The van der Waals surface area contributed by atoms with Crippen LogP contribution in [0.2, 0.25) is 0 Å². The maximum Gasteiger partial charge on any atom is 0.335 e. The molecular weight excluding hydrogens is 324 g/mol. The van der Waals surface area contributed by atoms with Crippen molar-refractivity contribution in [2.45, 2.75) is 6.92 Å². The molecule has 0 saturated heterocycles. The van der Waals surface area contributed by atoms with Crippen LogP contribution in [-0.2, 0) is 4.79 Å². The van der Waals surface area contributed by atoms with Crippen LogP contribution < -0.4 is 5.01 Å². The number of phenolic OH excluding ortho intramolecular Hbond substituents is 2. The third kappa shape index (κ3) is 3.07. The van der Waals surface area contributed by atoms with Crippen molar-refractivity contribution in [1.29, 1.82) is 0 Å². The fraction of sp³-hybridized carbons (Fsp3) is 0.0556. The van der Waals surface area contributed by atoms with Crippen molar-refractivity contribution in [1.82, 2.24) is 0 Å². The van der Waals surface area contributed by atoms with E-state index in [-0.39, 0.29) is 23.0 Å². The second-order valence-electron chi connectivity index (χ2n) is 5.46. The van der Waals surface area contributed by atoms with Gasteiger partial charge in [-0.25, -0.2) is 4.79 Å². The average molecular weight is 338 g/mol. The van der Waals surface area contributed by atoms with Gasteiger partial charge in [0, 0.05) is 0 Å². The summed E-state index contributed by atoms with van der Waals surface area (Å²) in [6, 6.07) is 10.0. The number of amides is 1. The summed E-state index contributed by atoms with van der Waals surface area (Å²) in [4.78, 5) is 23.5. The summed E-state index contributed by atoms with van der Waals surface area (Å²) in [5.41, 5.74) is 1.93. The summed E-state index contributed by atoms with van der Waals surface area (Å²) < 4.78 is 0. The van der Waals surface area contributed by atoms with E-state index in [0.717, 1.165) is 0 Å². The SMILES string of the molecule is CC1=NN(c2ccc(C(=O)O)cc2)C(=O)C1=Cc1ccc(O)c(O)c1. The largest absolute Gasteiger partial charge is 0.504 e. The molecule has 0 fully saturated rings. The molecule has 0 radical (unpaired) electrons. The summed E-state index contributed by atoms with van der Waals surface area (Å²) in [5, 5.41) is 33.2. The normalized spacial score (nSPS) is 15.6. The lowest BCUT2D eigenvalue weighted by atomic mass is 10.1. The smallest absolute Gasteiger partial charge is 0.335 e. The minimum absolute atomic E-state index is 0.117. The lowest BCUT2D eigenvalue weighted by Crippen LogP contribution is -2.21. The predicted octanol–water partition coefficient (Wildman–Crippen LogP) is 2.60. The van der Waals surface area contributed by atoms with Crippen LogP contribution in [-0.4, -0.2) is 32.9 Å². The Morgan fingerprint density at radius 3 is 2.36 bits per heavy atom. The lowest BCUT2D eigenvalue weighted by Gasteiger charge is -2.11. The summed E-state index contributed by atoms with van der Waals surface area (Å²) in [6.45, 7) is 1.68. The molecule has 0 unspecified atom stereocenters. The first-order chi connectivity index (χ1) is 11.9. The standard InChI is InChI=1S/C18H14N2O5/c1-10-14(8-11-2-7-15(21)16(22)9-11)17(23)20(19-10)13-5-3-12(4-6-13)18(24)25/h2-9,21-22H,1H3,(H,24,25). The molecule has 0 atom stereocenters. The van der Waals surface area contributed by atoms with Crippen molar-refractivity contribution in [2.75, 3.05) is 5.01 Å². The van der Waals surface area contributed by atoms with Crippen molar-refractivity contribution in [3.8, 4) is 11.5 Å². The van der Waals surface area contributed by atoms with Crippen LogP contribution in [0.1, 0.15) is 22.8 Å². The van der Waals surface area contributed by atoms with Gasteiger partial charge in [-0.2, -0.15) is 10.1 Å². The van der Waals surface area contributed by atoms with Gasteiger partial charge in [0.15, 0.2) is 11.5 Å². The molecule has 1 aliphatic heterocycles. The number of hydrogen-bond acceptors (Lipinski definition) is 5. The molecule has 0 aliphatic carbocycles. The molecule has 7 heteroatoms. The number of carboxylic acid groups (broad SMARTS) is 1. The number of aromatic carboxylic acids is 1. The topological polar surface area (TPSA) is 110 Å². The number of benzene rings is 2. The molecule has 0 aromatic heterocycles. The highest BCUT2D eigenvalue weighted by molar-refractivity contribution is 6.32. The van der Waals surface area contributed by atoms with E-state index < -0.39 is 5.97 Å². The first-order valence-corrected chi connectivity index (χ1v) is 7.34. The quantitative estimate of drug-likeness (QED) is 0.588. The third-order valence-corrected chi connectivity index (χ3v) is 3.73. The molecular formula is C18H14N2O5. The van der Waals surface area contributed by atoms with Gasteiger partial charge in [0.05, 0.1) is 22.5 Å². The van der Waals surface area contributed by atoms with E-state index >= 15 is 0 Å². The molecule has 25 heavy (non-hydrogen) atoms. The van der Waals surface area contributed by atoms with Gasteiger partial charge in [-0.15, -0.1) is 0 Å². The van der Waals surface area contributed by atoms with Crippen molar-refractivity contribution in [2.24, 2.45) is 5.10 Å². The first-order valence-electron chi connectivity index (χ1n) is 7.34. The maximum absolute atomic E-state index is 12.6. The Labute approximate surface area is 142 Å². The zero-order valence-corrected chi connectivity index (χ0v) is 13.2. The maximum atomic E-state index is 12.6. The Balaban J connectivity index is 1.91. The minimum atomic E-state index is -1.05. The van der Waals surface area contributed by atoms with Crippen LogP contribution in [0.15, 0.2) is 53.1 Å². The molecule has 0 bridgehead atoms. The average Bonchev–Trinajstić information content (AvgIpc) is 2.86. The molecule has 2 aromatic carbocycles. The highest BCUT2D eigenvalue weighted by Gasteiger charge is 2.28. The van der Waals surface area contributed by atoms with Crippen molar-refractivity contribution < 1.29 is 24.9 Å². The number of anilines is 1. The van der Waals surface area contributed by atoms with Gasteiger partial charge in [0.1, 0.15) is 0 Å². The molecule has 126 valence electrons. The molecule has 1 aliphatic rings. The predicted molar refractivity (Wildman–Crippen MR) is 91.7 cm³/mol. The summed E-state index contributed by atoms with van der Waals surface area (Å²) in [7, 11) is 0. The second-order valence-corrected chi connectivity index (χ2v) is 5.46. The van der Waals surface area contributed by atoms with Gasteiger partial charge in [0.2, 0.25) is 0 Å². The van der Waals surface area contributed by atoms with Crippen molar-refractivity contribution in [3.05, 3.63) is 59.2 Å². The molecule has 3 rings (SSSR count). The summed E-state index contributed by atoms with van der Waals surface area (Å²) in [5.74, 6) is -1.94. The zero-order chi connectivity index (χ0) is 18.1. The first kappa shape index (κ1) is 16.3. The summed E-state index contributed by atoms with van der Waals surface area (Å²) >= 11 is 0. The number of phenols is 2. The Kier molecular flexibility index (Phi) is 3.98. The number of aromatic hydroxyl groups is 2. The van der Waals surface area contributed by atoms with Crippen molar-refractivity contribution in [3.63, 3.8) is 0 Å². The van der Waals surface area contributed by atoms with E-state index in [1.54, 1.807) is 19.1 Å². The van der Waals surface area contributed by atoms with Gasteiger partial charge in [-0.1, -0.05) is 6.07 Å². The number of nitrogens with zero attached hydrogens (tertiary/aromatic N) is 2. The van der Waals surface area contributed by atoms with Crippen LogP contribution >= 0.6 is 0 Å². The van der Waals surface area contributed by atoms with Gasteiger partial charge >= 0.3 is 5.97 Å². The molecule has 3 N–H and O–H groups in total. The Morgan fingerprint density at radius 2 is 1.76 bits per heavy atom. The Hall–Kier alpha value is -3.61. The monoisotopic (exact) mass is 338 g/mol. The van der Waals surface area contributed by atoms with Crippen LogP contribution in [0.25, 0.3) is 6.08 Å². The number of hydrazone groups is 1. The molecule has 1 heterocycles. The van der Waals surface area contributed by atoms with Crippen LogP contribution in [0.5, 0.6) is 11.5 Å². The van der Waals surface area contributed by atoms with E-state index in [4.69, 9.17) is 5.11 Å². The molecule has 0 spiro atoms. The number of carbonyl (C=O) groups is 2. The molecule has 0 saturated carbocycles. The van der Waals surface area contributed by atoms with E-state index in [9.17, 15) is 19.8 Å². The fourth-order valence-electron chi connectivity index (χ4n) is 2.40. The van der Waals surface area contributed by atoms with Gasteiger partial charge in [-0.05, 0) is 55.0 Å². The van der Waals surface area contributed by atoms with E-state index in [2.05, 4.69) is 5.10 Å². The van der Waals surface area contributed by atoms with E-state index in [1.165, 1.54) is 41.4 Å². The minimum Gasteiger partial charge on any atom is -0.504 e. The van der Waals surface area contributed by atoms with Crippen LogP contribution in [0.3, 0.4) is 0 Å². The fourth-order valence-corrected chi connectivity index (χ4v) is 2.40. The number of hydrogen-bond donors (Lipinski definition) is 3. The van der Waals surface area contributed by atoms with Gasteiger partial charge in [-0.3, -0.25) is 4.79 Å². The van der Waals surface area contributed by atoms with Crippen molar-refractivity contribution >= 4 is 29.4 Å². The number of carbonyl (C=O) groups excluding carboxylic acids is 1. The van der Waals surface area contributed by atoms with Gasteiger partial charge in [0.25, 0.3) is 5.91 Å². The third-order valence-electron chi connectivity index (χ3n) is 3.73. The van der Waals surface area contributed by atoms with E-state index in [0.29, 0.717) is 22.5 Å². The number of rotatable bonds is 3. The van der Waals surface area contributed by atoms with E-state index in [1.807, 2.05) is 0 Å². The highest BCUT2D eigenvalue weighted by Crippen LogP contribution is 2.28. The molecule has 2 aromatic rings. The van der Waals surface area contributed by atoms with Gasteiger partial charge < -0.3 is 15.3 Å². The highest BCUT2D eigenvalue weighted by atomic mass is 16.4. The molecule has 1 amide bonds. The second kappa shape index (κ2) is 6.12. The van der Waals surface area contributed by atoms with Crippen LogP contribution in [0.4, 0.5) is 5.69 Å². The molecule has 7 nitrogen and oxygen atoms in total. The van der Waals surface area contributed by atoms with Crippen LogP contribution in [0, 0.1) is 0 Å². The summed E-state index contributed by atoms with van der Waals surface area (Å²) in [6.07, 6.45) is 1.56. The lowest BCUT2D eigenvalue weighted by molar-refractivity contribution is -0.114. The Morgan fingerprint density at radius 1 is 1.08 bits per heavy atom. The Bertz CT molecular complexity index is 929.